The summed E-state index contributed by atoms with van der Waals surface area (Å²) in [5, 5.41) is 1.10. The van der Waals surface area contributed by atoms with Crippen molar-refractivity contribution in [2.45, 2.75) is 26.2 Å². The van der Waals surface area contributed by atoms with E-state index in [1.807, 2.05) is 18.2 Å². The molecule has 144 valence electrons. The van der Waals surface area contributed by atoms with Gasteiger partial charge in [-0.3, -0.25) is 4.79 Å². The predicted octanol–water partition coefficient (Wildman–Crippen LogP) is 5.26. The van der Waals surface area contributed by atoms with E-state index < -0.39 is 0 Å². The molecule has 0 aliphatic carbocycles. The molecule has 0 amide bonds. The highest BCUT2D eigenvalue weighted by molar-refractivity contribution is 6.06. The highest BCUT2D eigenvalue weighted by Gasteiger charge is 2.22. The van der Waals surface area contributed by atoms with Crippen molar-refractivity contribution in [1.82, 2.24) is 0 Å². The summed E-state index contributed by atoms with van der Waals surface area (Å²) < 4.78 is 22.9. The van der Waals surface area contributed by atoms with Gasteiger partial charge in [-0.2, -0.15) is 0 Å². The molecule has 28 heavy (non-hydrogen) atoms. The number of aryl methyl sites for hydroxylation is 2. The minimum Gasteiger partial charge on any atom is -0.492 e. The lowest BCUT2D eigenvalue weighted by molar-refractivity contribution is 0.312. The van der Waals surface area contributed by atoms with Crippen molar-refractivity contribution in [3.05, 3.63) is 70.3 Å². The van der Waals surface area contributed by atoms with Gasteiger partial charge in [0.25, 0.3) is 0 Å². The molecule has 0 radical (unpaired) electrons. The van der Waals surface area contributed by atoms with Crippen LogP contribution in [-0.2, 0) is 6.42 Å². The Morgan fingerprint density at radius 3 is 2.61 bits per heavy atom. The number of methoxy groups -OCH3 is 1. The summed E-state index contributed by atoms with van der Waals surface area (Å²) in [6, 6.07) is 13.6. The normalized spacial score (nSPS) is 11.2. The van der Waals surface area contributed by atoms with Crippen molar-refractivity contribution < 1.29 is 18.3 Å². The second kappa shape index (κ2) is 7.80. The van der Waals surface area contributed by atoms with E-state index >= 15 is 0 Å². The molecule has 5 nitrogen and oxygen atoms in total. The Hall–Kier alpha value is -3.21. The molecule has 0 aliphatic heterocycles. The molecule has 5 heteroatoms. The van der Waals surface area contributed by atoms with E-state index in [1.165, 1.54) is 18.7 Å². The average molecular weight is 378 g/mol. The lowest BCUT2D eigenvalue weighted by atomic mass is 10.1. The van der Waals surface area contributed by atoms with Gasteiger partial charge >= 0.3 is 0 Å². The third-order valence-electron chi connectivity index (χ3n) is 4.77. The van der Waals surface area contributed by atoms with E-state index in [9.17, 15) is 4.79 Å². The maximum atomic E-state index is 12.7. The summed E-state index contributed by atoms with van der Waals surface area (Å²) in [4.78, 5) is 12.7. The monoisotopic (exact) mass is 378 g/mol. The van der Waals surface area contributed by atoms with Gasteiger partial charge in [0, 0.05) is 6.07 Å². The Kier molecular flexibility index (Phi) is 5.06. The van der Waals surface area contributed by atoms with Gasteiger partial charge < -0.3 is 18.3 Å². The van der Waals surface area contributed by atoms with Crippen LogP contribution in [-0.4, -0.2) is 13.7 Å². The fraction of sp³-hybridized carbons (Fsp3) is 0.261. The molecular formula is C23H22O5. The molecule has 2 aromatic carbocycles. The number of benzene rings is 2. The van der Waals surface area contributed by atoms with Gasteiger partial charge in [0.1, 0.15) is 16.9 Å². The SMILES string of the molecule is COc1c2occc2c(OCCCCc2ccccc2)c2c(=O)cc(C)oc12. The predicted molar refractivity (Wildman–Crippen MR) is 108 cm³/mol. The highest BCUT2D eigenvalue weighted by Crippen LogP contribution is 2.42. The molecule has 4 rings (SSSR count). The molecule has 0 aliphatic rings. The first-order valence-electron chi connectivity index (χ1n) is 9.37. The molecule has 0 saturated heterocycles. The average Bonchev–Trinajstić information content (AvgIpc) is 3.17. The summed E-state index contributed by atoms with van der Waals surface area (Å²) in [6.07, 6.45) is 4.43. The van der Waals surface area contributed by atoms with Crippen LogP contribution in [0.2, 0.25) is 0 Å². The van der Waals surface area contributed by atoms with Crippen molar-refractivity contribution in [2.75, 3.05) is 13.7 Å². The second-order valence-corrected chi connectivity index (χ2v) is 6.74. The lowest BCUT2D eigenvalue weighted by Crippen LogP contribution is -2.07. The number of hydrogen-bond donors (Lipinski definition) is 0. The van der Waals surface area contributed by atoms with E-state index in [4.69, 9.17) is 18.3 Å². The van der Waals surface area contributed by atoms with Gasteiger partial charge in [0.2, 0.25) is 5.75 Å². The Morgan fingerprint density at radius 1 is 1.00 bits per heavy atom. The summed E-state index contributed by atoms with van der Waals surface area (Å²) >= 11 is 0. The van der Waals surface area contributed by atoms with Crippen LogP contribution < -0.4 is 14.9 Å². The largest absolute Gasteiger partial charge is 0.492 e. The number of unbranched alkanes of at least 4 members (excludes halogenated alkanes) is 1. The molecule has 0 unspecified atom stereocenters. The van der Waals surface area contributed by atoms with Gasteiger partial charge in [0.15, 0.2) is 16.6 Å². The van der Waals surface area contributed by atoms with Crippen LogP contribution >= 0.6 is 0 Å². The molecule has 0 atom stereocenters. The molecule has 0 bridgehead atoms. The zero-order valence-electron chi connectivity index (χ0n) is 16.0. The van der Waals surface area contributed by atoms with Crippen molar-refractivity contribution in [1.29, 1.82) is 0 Å². The lowest BCUT2D eigenvalue weighted by Gasteiger charge is -2.13. The van der Waals surface area contributed by atoms with Crippen LogP contribution in [0.3, 0.4) is 0 Å². The van der Waals surface area contributed by atoms with Crippen molar-refractivity contribution >= 4 is 21.9 Å². The van der Waals surface area contributed by atoms with E-state index in [-0.39, 0.29) is 5.43 Å². The van der Waals surface area contributed by atoms with Crippen molar-refractivity contribution in [3.63, 3.8) is 0 Å². The number of rotatable bonds is 7. The van der Waals surface area contributed by atoms with Crippen molar-refractivity contribution in [3.8, 4) is 11.5 Å². The maximum Gasteiger partial charge on any atom is 0.206 e. The maximum absolute atomic E-state index is 12.7. The number of hydrogen-bond acceptors (Lipinski definition) is 5. The molecule has 2 aromatic heterocycles. The Labute approximate surface area is 162 Å². The Balaban J connectivity index is 1.62. The summed E-state index contributed by atoms with van der Waals surface area (Å²) in [5.74, 6) is 1.41. The zero-order valence-corrected chi connectivity index (χ0v) is 16.0. The van der Waals surface area contributed by atoms with Crippen LogP contribution in [0.5, 0.6) is 11.5 Å². The van der Waals surface area contributed by atoms with E-state index in [0.29, 0.717) is 45.8 Å². The van der Waals surface area contributed by atoms with Gasteiger partial charge in [-0.25, -0.2) is 0 Å². The Morgan fingerprint density at radius 2 is 1.82 bits per heavy atom. The molecule has 4 aromatic rings. The first-order chi connectivity index (χ1) is 13.7. The fourth-order valence-electron chi connectivity index (χ4n) is 3.47. The first kappa shape index (κ1) is 18.2. The topological polar surface area (TPSA) is 61.8 Å². The molecular weight excluding hydrogens is 356 g/mol. The molecule has 0 spiro atoms. The van der Waals surface area contributed by atoms with Crippen LogP contribution in [0, 0.1) is 6.92 Å². The zero-order chi connectivity index (χ0) is 19.5. The first-order valence-corrected chi connectivity index (χ1v) is 9.37. The van der Waals surface area contributed by atoms with Crippen molar-refractivity contribution in [2.24, 2.45) is 0 Å². The number of ether oxygens (including phenoxy) is 2. The highest BCUT2D eigenvalue weighted by atomic mass is 16.5. The minimum absolute atomic E-state index is 0.153. The van der Waals surface area contributed by atoms with Gasteiger partial charge in [-0.1, -0.05) is 30.3 Å². The quantitative estimate of drug-likeness (QED) is 0.411. The molecule has 0 fully saturated rings. The van der Waals surface area contributed by atoms with Gasteiger partial charge in [0.05, 0.1) is 25.4 Å². The van der Waals surface area contributed by atoms with E-state index in [0.717, 1.165) is 19.3 Å². The van der Waals surface area contributed by atoms with Crippen LogP contribution in [0.4, 0.5) is 0 Å². The summed E-state index contributed by atoms with van der Waals surface area (Å²) in [7, 11) is 1.53. The second-order valence-electron chi connectivity index (χ2n) is 6.74. The molecule has 0 N–H and O–H groups in total. The summed E-state index contributed by atoms with van der Waals surface area (Å²) in [6.45, 7) is 2.23. The smallest absolute Gasteiger partial charge is 0.206 e. The third kappa shape index (κ3) is 3.36. The van der Waals surface area contributed by atoms with Crippen LogP contribution in [0.15, 0.2) is 62.4 Å². The minimum atomic E-state index is -0.153. The summed E-state index contributed by atoms with van der Waals surface area (Å²) in [5.41, 5.74) is 2.03. The van der Waals surface area contributed by atoms with E-state index in [1.54, 1.807) is 19.3 Å². The van der Waals surface area contributed by atoms with Crippen LogP contribution in [0.25, 0.3) is 21.9 Å². The number of furan rings is 1. The molecule has 0 saturated carbocycles. The Bertz CT molecular complexity index is 1150. The third-order valence-corrected chi connectivity index (χ3v) is 4.77. The van der Waals surface area contributed by atoms with Gasteiger partial charge in [-0.15, -0.1) is 0 Å². The number of fused-ring (bicyclic) bond motifs is 2. The fourth-order valence-corrected chi connectivity index (χ4v) is 3.47. The van der Waals surface area contributed by atoms with Crippen LogP contribution in [0.1, 0.15) is 24.2 Å². The standard InChI is InChI=1S/C23H22O5/c1-15-14-18(24)19-20(26-12-7-6-10-16-8-4-3-5-9-16)17-11-13-27-21(17)23(25-2)22(19)28-15/h3-5,8-9,11,13-14H,6-7,10,12H2,1-2H3. The van der Waals surface area contributed by atoms with E-state index in [2.05, 4.69) is 12.1 Å². The van der Waals surface area contributed by atoms with Gasteiger partial charge in [-0.05, 0) is 37.8 Å². The molecule has 2 heterocycles.